The Hall–Kier alpha value is -1.86. The van der Waals surface area contributed by atoms with Gasteiger partial charge in [0.25, 0.3) is 0 Å². The third kappa shape index (κ3) is 7.34. The number of piperidine rings is 1. The average Bonchev–Trinajstić information content (AvgIpc) is 3.12. The van der Waals surface area contributed by atoms with Gasteiger partial charge in [0, 0.05) is 37.5 Å². The van der Waals surface area contributed by atoms with Crippen molar-refractivity contribution in [1.29, 1.82) is 0 Å². The minimum Gasteiger partial charge on any atom is -0.444 e. The van der Waals surface area contributed by atoms with Crippen molar-refractivity contribution in [3.63, 3.8) is 0 Å². The van der Waals surface area contributed by atoms with E-state index in [4.69, 9.17) is 9.47 Å². The molecule has 0 unspecified atom stereocenters. The zero-order chi connectivity index (χ0) is 23.4. The number of hydrogen-bond donors (Lipinski definition) is 0. The molecule has 0 saturated carbocycles. The zero-order valence-electron chi connectivity index (χ0n) is 20.8. The molecule has 1 aliphatic rings. The van der Waals surface area contributed by atoms with Gasteiger partial charge in [0.1, 0.15) is 18.0 Å². The first-order valence-corrected chi connectivity index (χ1v) is 15.7. The van der Waals surface area contributed by atoms with Crippen LogP contribution < -0.4 is 0 Å². The highest BCUT2D eigenvalue weighted by Crippen LogP contribution is 2.26. The lowest BCUT2D eigenvalue weighted by molar-refractivity contribution is 0.0181. The van der Waals surface area contributed by atoms with Gasteiger partial charge < -0.3 is 18.9 Å². The standard InChI is InChI=1S/C25H41N3O3Si/c1-25(2,3)31-24(29)27-14-10-20(11-15-27)7-8-21-9-13-26-23-22(21)12-16-28(23)19-30-17-18-32(4,5)6/h9,12-13,16,20H,7-8,10-11,14-15,17-19H2,1-6H3/q-1. The lowest BCUT2D eigenvalue weighted by Crippen LogP contribution is -2.41. The van der Waals surface area contributed by atoms with Crippen molar-refractivity contribution in [2.45, 2.75) is 84.5 Å². The van der Waals surface area contributed by atoms with Crippen LogP contribution in [0.5, 0.6) is 0 Å². The fraction of sp³-hybridized carbons (Fsp3) is 0.680. The van der Waals surface area contributed by atoms with Crippen LogP contribution in [-0.2, 0) is 22.6 Å². The van der Waals surface area contributed by atoms with E-state index in [1.807, 2.05) is 31.9 Å². The quantitative estimate of drug-likeness (QED) is 0.363. The summed E-state index contributed by atoms with van der Waals surface area (Å²) in [6, 6.07) is 5.50. The molecular formula is C25H41N3O3Si-. The lowest BCUT2D eigenvalue weighted by atomic mass is 9.90. The number of amides is 1. The van der Waals surface area contributed by atoms with E-state index in [9.17, 15) is 4.79 Å². The Morgan fingerprint density at radius 2 is 1.91 bits per heavy atom. The second kappa shape index (κ2) is 10.4. The van der Waals surface area contributed by atoms with E-state index in [1.165, 1.54) is 17.0 Å². The lowest BCUT2D eigenvalue weighted by Gasteiger charge is -2.33. The van der Waals surface area contributed by atoms with Crippen molar-refractivity contribution < 1.29 is 14.3 Å². The Balaban J connectivity index is 1.50. The van der Waals surface area contributed by atoms with Crippen LogP contribution in [0.1, 0.15) is 45.6 Å². The summed E-state index contributed by atoms with van der Waals surface area (Å²) in [6.45, 7) is 15.8. The minimum absolute atomic E-state index is 0.180. The summed E-state index contributed by atoms with van der Waals surface area (Å²) >= 11 is 0. The number of carbonyl (C=O) groups excluding carboxylic acids is 1. The van der Waals surface area contributed by atoms with Crippen LogP contribution in [0.3, 0.4) is 0 Å². The van der Waals surface area contributed by atoms with Gasteiger partial charge in [-0.2, -0.15) is 19.6 Å². The molecule has 2 aromatic rings. The summed E-state index contributed by atoms with van der Waals surface area (Å²) in [6.07, 6.45) is 8.09. The molecule has 1 amide bonds. The molecule has 2 aromatic heterocycles. The van der Waals surface area contributed by atoms with Gasteiger partial charge in [-0.3, -0.25) is 0 Å². The number of ether oxygens (including phenoxy) is 2. The Morgan fingerprint density at radius 3 is 2.56 bits per heavy atom. The fourth-order valence-corrected chi connectivity index (χ4v) is 4.86. The molecule has 7 heteroatoms. The van der Waals surface area contributed by atoms with Gasteiger partial charge in [-0.25, -0.2) is 9.78 Å². The maximum Gasteiger partial charge on any atom is 0.410 e. The van der Waals surface area contributed by atoms with Gasteiger partial charge in [0.15, 0.2) is 0 Å². The van der Waals surface area contributed by atoms with Crippen molar-refractivity contribution in [2.75, 3.05) is 19.7 Å². The molecule has 0 aromatic carbocycles. The highest BCUT2D eigenvalue weighted by molar-refractivity contribution is 6.76. The second-order valence-corrected chi connectivity index (χ2v) is 16.9. The van der Waals surface area contributed by atoms with Crippen molar-refractivity contribution in [2.24, 2.45) is 5.92 Å². The van der Waals surface area contributed by atoms with Gasteiger partial charge in [0.05, 0.1) is 0 Å². The van der Waals surface area contributed by atoms with Crippen LogP contribution in [-0.4, -0.2) is 53.9 Å². The number of fused-ring (bicyclic) bond motifs is 1. The van der Waals surface area contributed by atoms with Crippen LogP contribution >= 0.6 is 0 Å². The first kappa shape index (κ1) is 24.8. The van der Waals surface area contributed by atoms with Crippen molar-refractivity contribution in [3.8, 4) is 0 Å². The molecule has 1 aliphatic heterocycles. The first-order valence-electron chi connectivity index (χ1n) is 12.0. The summed E-state index contributed by atoms with van der Waals surface area (Å²) < 4.78 is 13.6. The van der Waals surface area contributed by atoms with Gasteiger partial charge in [-0.05, 0) is 70.1 Å². The van der Waals surface area contributed by atoms with E-state index >= 15 is 0 Å². The van der Waals surface area contributed by atoms with Crippen LogP contribution in [0.2, 0.25) is 25.7 Å². The molecule has 3 rings (SSSR count). The molecule has 0 radical (unpaired) electrons. The average molecular weight is 460 g/mol. The molecule has 179 valence electrons. The molecule has 0 atom stereocenters. The molecule has 3 heterocycles. The number of aromatic nitrogens is 2. The van der Waals surface area contributed by atoms with E-state index in [1.54, 1.807) is 0 Å². The third-order valence-corrected chi connectivity index (χ3v) is 7.77. The summed E-state index contributed by atoms with van der Waals surface area (Å²) in [4.78, 5) is 18.7. The van der Waals surface area contributed by atoms with E-state index in [0.29, 0.717) is 12.6 Å². The van der Waals surface area contributed by atoms with E-state index in [0.717, 1.165) is 51.0 Å². The first-order chi connectivity index (χ1) is 15.0. The number of nitrogens with zero attached hydrogens (tertiary/aromatic N) is 3. The fourth-order valence-electron chi connectivity index (χ4n) is 4.10. The number of aryl methyl sites for hydroxylation is 1. The highest BCUT2D eigenvalue weighted by atomic mass is 28.3. The monoisotopic (exact) mass is 459 g/mol. The largest absolute Gasteiger partial charge is 0.444 e. The molecule has 1 saturated heterocycles. The predicted octanol–water partition coefficient (Wildman–Crippen LogP) is 5.93. The molecule has 0 spiro atoms. The minimum atomic E-state index is -1.07. The molecule has 0 bridgehead atoms. The van der Waals surface area contributed by atoms with Crippen LogP contribution in [0.15, 0.2) is 24.5 Å². The van der Waals surface area contributed by atoms with Gasteiger partial charge in [0.2, 0.25) is 0 Å². The summed E-state index contributed by atoms with van der Waals surface area (Å²) in [5, 5.41) is 1.23. The van der Waals surface area contributed by atoms with Gasteiger partial charge in [-0.15, -0.1) is 14.1 Å². The molecule has 32 heavy (non-hydrogen) atoms. The number of carbonyl (C=O) groups is 1. The second-order valence-electron chi connectivity index (χ2n) is 11.3. The smallest absolute Gasteiger partial charge is 0.410 e. The molecular weight excluding hydrogens is 418 g/mol. The Morgan fingerprint density at radius 1 is 1.19 bits per heavy atom. The summed E-state index contributed by atoms with van der Waals surface area (Å²) in [5.41, 5.74) is 1.93. The normalized spacial score (nSPS) is 16.0. The molecule has 0 N–H and O–H groups in total. The number of pyridine rings is 1. The molecule has 0 aliphatic carbocycles. The van der Waals surface area contributed by atoms with Crippen molar-refractivity contribution in [3.05, 3.63) is 30.1 Å². The Bertz CT molecular complexity index is 890. The SMILES string of the molecule is CC(C)(C)OC(=O)N1CCC(CCc2ccnc3c2ccn3COCC[Si-](C)(C)C)CC1. The number of likely N-dealkylation sites (tertiary alicyclic amines) is 1. The summed E-state index contributed by atoms with van der Waals surface area (Å²) in [5.74, 6) is 0.642. The predicted molar refractivity (Wildman–Crippen MR) is 133 cm³/mol. The molecule has 6 nitrogen and oxygen atoms in total. The van der Waals surface area contributed by atoms with Crippen LogP contribution in [0, 0.1) is 5.92 Å². The van der Waals surface area contributed by atoms with Crippen molar-refractivity contribution >= 4 is 25.2 Å². The third-order valence-electron chi connectivity index (χ3n) is 6.07. The van der Waals surface area contributed by atoms with Gasteiger partial charge >= 0.3 is 6.09 Å². The number of rotatable bonds is 8. The Kier molecular flexibility index (Phi) is 8.04. The van der Waals surface area contributed by atoms with Crippen molar-refractivity contribution in [1.82, 2.24) is 14.5 Å². The number of hydrogen-bond acceptors (Lipinski definition) is 4. The summed E-state index contributed by atoms with van der Waals surface area (Å²) in [7, 11) is -1.07. The maximum absolute atomic E-state index is 12.3. The van der Waals surface area contributed by atoms with Gasteiger partial charge in [-0.1, -0.05) is 0 Å². The Labute approximate surface area is 194 Å². The van der Waals surface area contributed by atoms with E-state index < -0.39 is 13.7 Å². The zero-order valence-corrected chi connectivity index (χ0v) is 21.8. The molecule has 1 fully saturated rings. The van der Waals surface area contributed by atoms with Crippen LogP contribution in [0.4, 0.5) is 4.79 Å². The van der Waals surface area contributed by atoms with Crippen LogP contribution in [0.25, 0.3) is 11.0 Å². The topological polar surface area (TPSA) is 56.6 Å². The maximum atomic E-state index is 12.3. The highest BCUT2D eigenvalue weighted by Gasteiger charge is 2.26. The van der Waals surface area contributed by atoms with E-state index in [-0.39, 0.29) is 6.09 Å². The van der Waals surface area contributed by atoms with E-state index in [2.05, 4.69) is 47.5 Å².